The average Bonchev–Trinajstić information content (AvgIpc) is 2.30. The molecular formula is C12H22N2O2. The molecule has 4 heteroatoms. The van der Waals surface area contributed by atoms with Gasteiger partial charge in [0, 0.05) is 6.54 Å². The van der Waals surface area contributed by atoms with Crippen LogP contribution in [-0.2, 0) is 9.47 Å². The van der Waals surface area contributed by atoms with Crippen LogP contribution < -0.4 is 5.32 Å². The van der Waals surface area contributed by atoms with E-state index in [-0.39, 0.29) is 11.5 Å². The second kappa shape index (κ2) is 6.85. The van der Waals surface area contributed by atoms with E-state index in [1.165, 1.54) is 0 Å². The van der Waals surface area contributed by atoms with Crippen LogP contribution >= 0.6 is 0 Å². The Morgan fingerprint density at radius 2 is 2.25 bits per heavy atom. The van der Waals surface area contributed by atoms with Crippen LogP contribution in [0, 0.1) is 16.7 Å². The van der Waals surface area contributed by atoms with E-state index < -0.39 is 0 Å². The summed E-state index contributed by atoms with van der Waals surface area (Å²) in [5.41, 5.74) is -0.202. The lowest BCUT2D eigenvalue weighted by Crippen LogP contribution is -2.37. The molecule has 0 aliphatic carbocycles. The number of ether oxygens (including phenoxy) is 2. The summed E-state index contributed by atoms with van der Waals surface area (Å²) in [6, 6.07) is 2.31. The van der Waals surface area contributed by atoms with E-state index in [0.29, 0.717) is 19.8 Å². The van der Waals surface area contributed by atoms with Gasteiger partial charge in [0.1, 0.15) is 0 Å². The maximum Gasteiger partial charge on any atom is 0.0933 e. The monoisotopic (exact) mass is 226 g/mol. The Bertz CT molecular complexity index is 230. The maximum atomic E-state index is 8.85. The fraction of sp³-hybridized carbons (Fsp3) is 0.917. The SMILES string of the molecule is CC(C)(C#N)CCCNCC1COCCO1. The van der Waals surface area contributed by atoms with Crippen LogP contribution in [0.3, 0.4) is 0 Å². The Morgan fingerprint density at radius 1 is 1.44 bits per heavy atom. The third kappa shape index (κ3) is 5.45. The Morgan fingerprint density at radius 3 is 2.88 bits per heavy atom. The van der Waals surface area contributed by atoms with Gasteiger partial charge in [-0.3, -0.25) is 0 Å². The summed E-state index contributed by atoms with van der Waals surface area (Å²) >= 11 is 0. The van der Waals surface area contributed by atoms with Crippen LogP contribution in [0.1, 0.15) is 26.7 Å². The summed E-state index contributed by atoms with van der Waals surface area (Å²) < 4.78 is 10.8. The molecule has 1 aliphatic rings. The van der Waals surface area contributed by atoms with E-state index in [4.69, 9.17) is 14.7 Å². The van der Waals surface area contributed by atoms with Crippen LogP contribution in [0.4, 0.5) is 0 Å². The fourth-order valence-corrected chi connectivity index (χ4v) is 1.63. The van der Waals surface area contributed by atoms with E-state index in [1.807, 2.05) is 13.8 Å². The van der Waals surface area contributed by atoms with Crippen molar-refractivity contribution >= 4 is 0 Å². The van der Waals surface area contributed by atoms with Crippen LogP contribution in [0.2, 0.25) is 0 Å². The zero-order valence-corrected chi connectivity index (χ0v) is 10.3. The molecule has 0 saturated carbocycles. The molecule has 0 bridgehead atoms. The number of hydrogen-bond donors (Lipinski definition) is 1. The zero-order chi connectivity index (χ0) is 11.9. The smallest absolute Gasteiger partial charge is 0.0933 e. The Labute approximate surface area is 97.9 Å². The van der Waals surface area contributed by atoms with Gasteiger partial charge in [0.25, 0.3) is 0 Å². The van der Waals surface area contributed by atoms with E-state index in [2.05, 4.69) is 11.4 Å². The minimum Gasteiger partial charge on any atom is -0.376 e. The minimum atomic E-state index is -0.202. The Hall–Kier alpha value is -0.630. The highest BCUT2D eigenvalue weighted by atomic mass is 16.6. The summed E-state index contributed by atoms with van der Waals surface area (Å²) in [7, 11) is 0. The van der Waals surface area contributed by atoms with Crippen molar-refractivity contribution in [3.63, 3.8) is 0 Å². The summed E-state index contributed by atoms with van der Waals surface area (Å²) in [5, 5.41) is 12.2. The zero-order valence-electron chi connectivity index (χ0n) is 10.3. The first kappa shape index (κ1) is 13.4. The lowest BCUT2D eigenvalue weighted by atomic mass is 9.90. The van der Waals surface area contributed by atoms with Gasteiger partial charge in [0.2, 0.25) is 0 Å². The molecule has 1 N–H and O–H groups in total. The molecule has 0 radical (unpaired) electrons. The highest BCUT2D eigenvalue weighted by Crippen LogP contribution is 2.19. The van der Waals surface area contributed by atoms with Crippen LogP contribution in [0.15, 0.2) is 0 Å². The molecule has 0 aromatic carbocycles. The van der Waals surface area contributed by atoms with E-state index >= 15 is 0 Å². The van der Waals surface area contributed by atoms with Crippen molar-refractivity contribution in [2.24, 2.45) is 5.41 Å². The van der Waals surface area contributed by atoms with E-state index in [9.17, 15) is 0 Å². The summed E-state index contributed by atoms with van der Waals surface area (Å²) in [5.74, 6) is 0. The molecule has 1 aliphatic heterocycles. The third-order valence-electron chi connectivity index (χ3n) is 2.71. The van der Waals surface area contributed by atoms with Gasteiger partial charge in [-0.2, -0.15) is 5.26 Å². The van der Waals surface area contributed by atoms with E-state index in [1.54, 1.807) is 0 Å². The van der Waals surface area contributed by atoms with Crippen molar-refractivity contribution in [3.8, 4) is 6.07 Å². The van der Waals surface area contributed by atoms with Crippen molar-refractivity contribution in [3.05, 3.63) is 0 Å². The van der Waals surface area contributed by atoms with Gasteiger partial charge in [-0.25, -0.2) is 0 Å². The molecule has 1 rings (SSSR count). The summed E-state index contributed by atoms with van der Waals surface area (Å²) in [6.07, 6.45) is 2.14. The predicted octanol–water partition coefficient (Wildman–Crippen LogP) is 1.32. The topological polar surface area (TPSA) is 54.3 Å². The maximum absolute atomic E-state index is 8.85. The largest absolute Gasteiger partial charge is 0.376 e. The number of nitrogens with zero attached hydrogens (tertiary/aromatic N) is 1. The quantitative estimate of drug-likeness (QED) is 0.694. The Balaban J connectivity index is 1.97. The molecule has 1 atom stereocenters. The molecule has 92 valence electrons. The van der Waals surface area contributed by atoms with Crippen molar-refractivity contribution in [1.29, 1.82) is 5.26 Å². The molecular weight excluding hydrogens is 204 g/mol. The van der Waals surface area contributed by atoms with Gasteiger partial charge in [-0.1, -0.05) is 0 Å². The highest BCUT2D eigenvalue weighted by molar-refractivity contribution is 4.91. The lowest BCUT2D eigenvalue weighted by molar-refractivity contribution is -0.0863. The molecule has 1 fully saturated rings. The fourth-order valence-electron chi connectivity index (χ4n) is 1.63. The van der Waals surface area contributed by atoms with Gasteiger partial charge in [-0.05, 0) is 33.2 Å². The highest BCUT2D eigenvalue weighted by Gasteiger charge is 2.16. The first-order valence-corrected chi connectivity index (χ1v) is 5.95. The average molecular weight is 226 g/mol. The molecule has 1 saturated heterocycles. The first-order valence-electron chi connectivity index (χ1n) is 5.95. The number of rotatable bonds is 6. The molecule has 1 unspecified atom stereocenters. The number of hydrogen-bond acceptors (Lipinski definition) is 4. The van der Waals surface area contributed by atoms with Gasteiger partial charge in [0.15, 0.2) is 0 Å². The molecule has 0 aromatic rings. The third-order valence-corrected chi connectivity index (χ3v) is 2.71. The van der Waals surface area contributed by atoms with Crippen LogP contribution in [0.5, 0.6) is 0 Å². The van der Waals surface area contributed by atoms with Gasteiger partial charge < -0.3 is 14.8 Å². The van der Waals surface area contributed by atoms with Crippen LogP contribution in [-0.4, -0.2) is 39.0 Å². The van der Waals surface area contributed by atoms with Crippen molar-refractivity contribution < 1.29 is 9.47 Å². The molecule has 16 heavy (non-hydrogen) atoms. The normalized spacial score (nSPS) is 21.7. The Kier molecular flexibility index (Phi) is 5.75. The van der Waals surface area contributed by atoms with Crippen molar-refractivity contribution in [2.75, 3.05) is 32.9 Å². The van der Waals surface area contributed by atoms with Gasteiger partial charge >= 0.3 is 0 Å². The predicted molar refractivity (Wildman–Crippen MR) is 62.1 cm³/mol. The van der Waals surface area contributed by atoms with Gasteiger partial charge in [-0.15, -0.1) is 0 Å². The molecule has 1 heterocycles. The van der Waals surface area contributed by atoms with Crippen LogP contribution in [0.25, 0.3) is 0 Å². The second-order valence-electron chi connectivity index (χ2n) is 4.87. The second-order valence-corrected chi connectivity index (χ2v) is 4.87. The van der Waals surface area contributed by atoms with Gasteiger partial charge in [0.05, 0.1) is 37.4 Å². The number of nitrogens with one attached hydrogen (secondary N) is 1. The van der Waals surface area contributed by atoms with E-state index in [0.717, 1.165) is 25.9 Å². The minimum absolute atomic E-state index is 0.192. The first-order chi connectivity index (χ1) is 7.64. The molecule has 4 nitrogen and oxygen atoms in total. The van der Waals surface area contributed by atoms with Crippen molar-refractivity contribution in [1.82, 2.24) is 5.32 Å². The van der Waals surface area contributed by atoms with Crippen molar-refractivity contribution in [2.45, 2.75) is 32.8 Å². The molecule has 0 amide bonds. The summed E-state index contributed by atoms with van der Waals surface area (Å²) in [6.45, 7) is 7.84. The molecule has 0 aromatic heterocycles. The lowest BCUT2D eigenvalue weighted by Gasteiger charge is -2.23. The summed E-state index contributed by atoms with van der Waals surface area (Å²) in [4.78, 5) is 0. The standard InChI is InChI=1S/C12H22N2O2/c1-12(2,10-13)4-3-5-14-8-11-9-15-6-7-16-11/h11,14H,3-9H2,1-2H3. The number of nitriles is 1. The molecule has 0 spiro atoms.